The van der Waals surface area contributed by atoms with Gasteiger partial charge in [-0.1, -0.05) is 26.0 Å². The van der Waals surface area contributed by atoms with Gasteiger partial charge in [0.25, 0.3) is 5.91 Å². The molecule has 3 heterocycles. The molecule has 0 bridgehead atoms. The first kappa shape index (κ1) is 22.2. The van der Waals surface area contributed by atoms with E-state index in [2.05, 4.69) is 32.2 Å². The third-order valence-corrected chi connectivity index (χ3v) is 6.37. The molecule has 0 unspecified atom stereocenters. The van der Waals surface area contributed by atoms with E-state index in [1.165, 1.54) is 11.1 Å². The lowest BCUT2D eigenvalue weighted by molar-refractivity contribution is -0.115. The molecule has 4 aromatic rings. The maximum atomic E-state index is 13.2. The van der Waals surface area contributed by atoms with E-state index in [0.29, 0.717) is 48.9 Å². The third-order valence-electron chi connectivity index (χ3n) is 6.37. The molecule has 5 rings (SSSR count). The van der Waals surface area contributed by atoms with Crippen LogP contribution in [0.15, 0.2) is 51.5 Å². The van der Waals surface area contributed by atoms with Crippen LogP contribution in [0.2, 0.25) is 0 Å². The van der Waals surface area contributed by atoms with Crippen molar-refractivity contribution in [2.24, 2.45) is 0 Å². The van der Waals surface area contributed by atoms with Gasteiger partial charge >= 0.3 is 0 Å². The Bertz CT molecular complexity index is 1370. The smallest absolute Gasteiger partial charge is 0.291 e. The van der Waals surface area contributed by atoms with Crippen LogP contribution < -0.4 is 5.32 Å². The standard InChI is InChI=1S/C27H28N2O5/c1-16(2)20-14-21-18(15-33-23(21)12-17(20)3)13-24(30)28-25-19-6-4-5-7-22(19)34-26(25)27(31)29-8-10-32-11-9-29/h4-7,12,14-16H,8-11,13H2,1-3H3,(H,28,30). The van der Waals surface area contributed by atoms with Gasteiger partial charge in [-0.2, -0.15) is 0 Å². The van der Waals surface area contributed by atoms with Crippen molar-refractivity contribution in [3.8, 4) is 0 Å². The van der Waals surface area contributed by atoms with E-state index in [-0.39, 0.29) is 24.0 Å². The molecule has 2 aromatic heterocycles. The van der Waals surface area contributed by atoms with E-state index < -0.39 is 0 Å². The molecule has 0 atom stereocenters. The number of furan rings is 2. The number of para-hydroxylation sites is 1. The summed E-state index contributed by atoms with van der Waals surface area (Å²) in [6, 6.07) is 11.5. The Balaban J connectivity index is 1.45. The zero-order valence-electron chi connectivity index (χ0n) is 19.6. The van der Waals surface area contributed by atoms with E-state index in [9.17, 15) is 9.59 Å². The second kappa shape index (κ2) is 8.99. The normalized spacial score (nSPS) is 14.3. The molecule has 1 aliphatic rings. The topological polar surface area (TPSA) is 84.9 Å². The largest absolute Gasteiger partial charge is 0.464 e. The fourth-order valence-corrected chi connectivity index (χ4v) is 4.59. The number of hydrogen-bond donors (Lipinski definition) is 1. The van der Waals surface area contributed by atoms with Gasteiger partial charge in [0.2, 0.25) is 11.7 Å². The number of carbonyl (C=O) groups is 2. The van der Waals surface area contributed by atoms with Crippen LogP contribution in [0, 0.1) is 6.92 Å². The van der Waals surface area contributed by atoms with E-state index in [1.54, 1.807) is 17.2 Å². The molecule has 1 N–H and O–H groups in total. The molecule has 2 aromatic carbocycles. The first-order chi connectivity index (χ1) is 16.4. The van der Waals surface area contributed by atoms with Crippen LogP contribution in [0.1, 0.15) is 47.0 Å². The van der Waals surface area contributed by atoms with Crippen molar-refractivity contribution < 1.29 is 23.2 Å². The number of benzene rings is 2. The van der Waals surface area contributed by atoms with E-state index in [4.69, 9.17) is 13.6 Å². The second-order valence-electron chi connectivity index (χ2n) is 9.05. The summed E-state index contributed by atoms with van der Waals surface area (Å²) < 4.78 is 17.0. The van der Waals surface area contributed by atoms with Gasteiger partial charge in [-0.25, -0.2) is 0 Å². The number of rotatable bonds is 5. The summed E-state index contributed by atoms with van der Waals surface area (Å²) in [5, 5.41) is 4.58. The summed E-state index contributed by atoms with van der Waals surface area (Å²) in [4.78, 5) is 28.1. The Morgan fingerprint density at radius 3 is 2.59 bits per heavy atom. The number of morpholine rings is 1. The number of anilines is 1. The maximum Gasteiger partial charge on any atom is 0.291 e. The Kier molecular flexibility index (Phi) is 5.87. The van der Waals surface area contributed by atoms with E-state index >= 15 is 0 Å². The van der Waals surface area contributed by atoms with Crippen molar-refractivity contribution in [1.29, 1.82) is 0 Å². The number of ether oxygens (including phenoxy) is 1. The van der Waals surface area contributed by atoms with Crippen LogP contribution >= 0.6 is 0 Å². The summed E-state index contributed by atoms with van der Waals surface area (Å²) in [5.41, 5.74) is 4.94. The monoisotopic (exact) mass is 460 g/mol. The minimum absolute atomic E-state index is 0.123. The highest BCUT2D eigenvalue weighted by Gasteiger charge is 2.27. The second-order valence-corrected chi connectivity index (χ2v) is 9.05. The molecule has 2 amide bonds. The average Bonchev–Trinajstić information content (AvgIpc) is 3.39. The molecule has 1 saturated heterocycles. The predicted octanol–water partition coefficient (Wildman–Crippen LogP) is 5.26. The fraction of sp³-hybridized carbons (Fsp3) is 0.333. The summed E-state index contributed by atoms with van der Waals surface area (Å²) in [7, 11) is 0. The number of nitrogens with zero attached hydrogens (tertiary/aromatic N) is 1. The summed E-state index contributed by atoms with van der Waals surface area (Å²) in [6.45, 7) is 8.32. The van der Waals surface area contributed by atoms with Crippen LogP contribution in [0.5, 0.6) is 0 Å². The quantitative estimate of drug-likeness (QED) is 0.439. The average molecular weight is 461 g/mol. The lowest BCUT2D eigenvalue weighted by atomic mass is 9.95. The number of aryl methyl sites for hydroxylation is 1. The van der Waals surface area contributed by atoms with Crippen molar-refractivity contribution in [3.05, 3.63) is 65.1 Å². The molecule has 1 fully saturated rings. The molecule has 0 radical (unpaired) electrons. The Hall–Kier alpha value is -3.58. The number of fused-ring (bicyclic) bond motifs is 2. The Labute approximate surface area is 197 Å². The van der Waals surface area contributed by atoms with Gasteiger partial charge in [0.15, 0.2) is 0 Å². The highest BCUT2D eigenvalue weighted by Crippen LogP contribution is 2.33. The molecular weight excluding hydrogens is 432 g/mol. The predicted molar refractivity (Wildman–Crippen MR) is 130 cm³/mol. The molecular formula is C27H28N2O5. The van der Waals surface area contributed by atoms with Gasteiger partial charge < -0.3 is 23.8 Å². The number of nitrogens with one attached hydrogen (secondary N) is 1. The highest BCUT2D eigenvalue weighted by molar-refractivity contribution is 6.11. The molecule has 7 nitrogen and oxygen atoms in total. The Morgan fingerprint density at radius 2 is 1.82 bits per heavy atom. The lowest BCUT2D eigenvalue weighted by Gasteiger charge is -2.26. The van der Waals surface area contributed by atoms with Crippen LogP contribution in [0.4, 0.5) is 5.69 Å². The highest BCUT2D eigenvalue weighted by atomic mass is 16.5. The minimum Gasteiger partial charge on any atom is -0.464 e. The van der Waals surface area contributed by atoms with Gasteiger partial charge in [0.05, 0.1) is 25.9 Å². The van der Waals surface area contributed by atoms with Crippen LogP contribution in [0.3, 0.4) is 0 Å². The van der Waals surface area contributed by atoms with Gasteiger partial charge in [0.1, 0.15) is 16.9 Å². The Morgan fingerprint density at radius 1 is 1.06 bits per heavy atom. The summed E-state index contributed by atoms with van der Waals surface area (Å²) in [6.07, 6.45) is 1.76. The number of amides is 2. The van der Waals surface area contributed by atoms with Crippen LogP contribution in [-0.4, -0.2) is 43.0 Å². The molecule has 1 aliphatic heterocycles. The third kappa shape index (κ3) is 4.07. The SMILES string of the molecule is Cc1cc2occ(CC(=O)Nc3c(C(=O)N4CCOCC4)oc4ccccc34)c2cc1C(C)C. The molecule has 7 heteroatoms. The summed E-state index contributed by atoms with van der Waals surface area (Å²) in [5.74, 6) is 0.0239. The van der Waals surface area contributed by atoms with E-state index in [1.807, 2.05) is 24.3 Å². The molecule has 0 aliphatic carbocycles. The molecule has 34 heavy (non-hydrogen) atoms. The molecule has 0 spiro atoms. The van der Waals surface area contributed by atoms with Crippen molar-refractivity contribution >= 4 is 39.4 Å². The number of carbonyl (C=O) groups excluding carboxylic acids is 2. The minimum atomic E-state index is -0.249. The van der Waals surface area contributed by atoms with Gasteiger partial charge in [-0.15, -0.1) is 0 Å². The van der Waals surface area contributed by atoms with E-state index in [0.717, 1.165) is 16.5 Å². The molecule has 0 saturated carbocycles. The van der Waals surface area contributed by atoms with Crippen molar-refractivity contribution in [2.75, 3.05) is 31.6 Å². The number of hydrogen-bond acceptors (Lipinski definition) is 5. The lowest BCUT2D eigenvalue weighted by Crippen LogP contribution is -2.40. The fourth-order valence-electron chi connectivity index (χ4n) is 4.59. The van der Waals surface area contributed by atoms with Crippen molar-refractivity contribution in [1.82, 2.24) is 4.90 Å². The zero-order chi connectivity index (χ0) is 23.8. The van der Waals surface area contributed by atoms with Crippen LogP contribution in [-0.2, 0) is 16.0 Å². The van der Waals surface area contributed by atoms with Crippen molar-refractivity contribution in [2.45, 2.75) is 33.1 Å². The zero-order valence-corrected chi connectivity index (χ0v) is 19.6. The van der Waals surface area contributed by atoms with Gasteiger partial charge in [-0.3, -0.25) is 9.59 Å². The van der Waals surface area contributed by atoms with Crippen molar-refractivity contribution in [3.63, 3.8) is 0 Å². The molecule has 176 valence electrons. The van der Waals surface area contributed by atoms with Gasteiger partial charge in [0, 0.05) is 29.4 Å². The first-order valence-corrected chi connectivity index (χ1v) is 11.6. The first-order valence-electron chi connectivity index (χ1n) is 11.6. The maximum absolute atomic E-state index is 13.2. The van der Waals surface area contributed by atoms with Crippen LogP contribution in [0.25, 0.3) is 21.9 Å². The van der Waals surface area contributed by atoms with Gasteiger partial charge in [-0.05, 0) is 48.2 Å². The summed E-state index contributed by atoms with van der Waals surface area (Å²) >= 11 is 0.